The van der Waals surface area contributed by atoms with Gasteiger partial charge in [0.2, 0.25) is 21.9 Å². The van der Waals surface area contributed by atoms with Gasteiger partial charge < -0.3 is 10.4 Å². The summed E-state index contributed by atoms with van der Waals surface area (Å²) in [7, 11) is -3.56. The normalized spacial score (nSPS) is 13.9. The molecule has 2 aromatic rings. The molecule has 9 nitrogen and oxygen atoms in total. The molecule has 29 heavy (non-hydrogen) atoms. The van der Waals surface area contributed by atoms with Crippen LogP contribution in [0.25, 0.3) is 0 Å². The minimum absolute atomic E-state index is 0.0149. The lowest BCUT2D eigenvalue weighted by Crippen LogP contribution is -2.27. The maximum Gasteiger partial charge on any atom is 0.241 e. The molecular formula is C18H27ClN6O3S. The fraction of sp³-hybridized carbons (Fsp3) is 0.556. The number of aromatic nitrogens is 4. The fourth-order valence-corrected chi connectivity index (χ4v) is 3.44. The molecule has 11 heteroatoms. The molecule has 160 valence electrons. The molecule has 2 rings (SSSR count). The van der Waals surface area contributed by atoms with E-state index in [4.69, 9.17) is 11.6 Å². The third kappa shape index (κ3) is 8.08. The summed E-state index contributed by atoms with van der Waals surface area (Å²) in [6.07, 6.45) is 3.80. The second kappa shape index (κ2) is 10.1. The molecule has 2 atom stereocenters. The van der Waals surface area contributed by atoms with Crippen LogP contribution in [0.4, 0.5) is 11.9 Å². The van der Waals surface area contributed by atoms with Crippen molar-refractivity contribution in [3.63, 3.8) is 0 Å². The number of anilines is 2. The van der Waals surface area contributed by atoms with Gasteiger partial charge in [-0.3, -0.25) is 4.72 Å². The van der Waals surface area contributed by atoms with E-state index in [9.17, 15) is 13.5 Å². The van der Waals surface area contributed by atoms with Gasteiger partial charge in [0, 0.05) is 12.6 Å². The van der Waals surface area contributed by atoms with Crippen molar-refractivity contribution in [1.82, 2.24) is 19.9 Å². The maximum atomic E-state index is 11.6. The Morgan fingerprint density at radius 1 is 1.17 bits per heavy atom. The zero-order valence-corrected chi connectivity index (χ0v) is 18.5. The SMILES string of the molecule is CC(C)CC(CO)Nc1nc(CC(C)c2ccnc(Cl)c2)nc(NS(C)(=O)=O)n1. The average molecular weight is 443 g/mol. The van der Waals surface area contributed by atoms with E-state index in [2.05, 4.69) is 30.0 Å². The van der Waals surface area contributed by atoms with E-state index in [1.165, 1.54) is 0 Å². The van der Waals surface area contributed by atoms with Crippen molar-refractivity contribution in [1.29, 1.82) is 0 Å². The third-order valence-corrected chi connectivity index (χ3v) is 4.84. The number of pyridine rings is 1. The van der Waals surface area contributed by atoms with Gasteiger partial charge in [0.15, 0.2) is 0 Å². The van der Waals surface area contributed by atoms with Crippen LogP contribution in [0.1, 0.15) is 44.5 Å². The first-order chi connectivity index (χ1) is 13.6. The first kappa shape index (κ1) is 23.2. The van der Waals surface area contributed by atoms with Crippen molar-refractivity contribution in [3.8, 4) is 0 Å². The summed E-state index contributed by atoms with van der Waals surface area (Å²) in [5, 5.41) is 13.1. The minimum atomic E-state index is -3.56. The molecule has 0 aliphatic carbocycles. The van der Waals surface area contributed by atoms with Crippen LogP contribution in [-0.2, 0) is 16.4 Å². The molecule has 0 fully saturated rings. The summed E-state index contributed by atoms with van der Waals surface area (Å²) in [6.45, 7) is 5.98. The number of nitrogens with zero attached hydrogens (tertiary/aromatic N) is 4. The lowest BCUT2D eigenvalue weighted by Gasteiger charge is -2.19. The van der Waals surface area contributed by atoms with Gasteiger partial charge in [0.1, 0.15) is 11.0 Å². The number of hydrogen-bond acceptors (Lipinski definition) is 8. The van der Waals surface area contributed by atoms with E-state index >= 15 is 0 Å². The van der Waals surface area contributed by atoms with Gasteiger partial charge in [-0.1, -0.05) is 32.4 Å². The Morgan fingerprint density at radius 2 is 1.86 bits per heavy atom. The molecule has 0 aromatic carbocycles. The maximum absolute atomic E-state index is 11.6. The molecule has 0 radical (unpaired) electrons. The molecule has 0 saturated carbocycles. The Labute approximate surface area is 176 Å². The van der Waals surface area contributed by atoms with Crippen LogP contribution >= 0.6 is 11.6 Å². The second-order valence-corrected chi connectivity index (χ2v) is 9.58. The van der Waals surface area contributed by atoms with Crippen molar-refractivity contribution in [2.75, 3.05) is 22.9 Å². The van der Waals surface area contributed by atoms with E-state index in [0.29, 0.717) is 29.7 Å². The highest BCUT2D eigenvalue weighted by Crippen LogP contribution is 2.22. The Balaban J connectivity index is 2.30. The van der Waals surface area contributed by atoms with Gasteiger partial charge in [0.25, 0.3) is 0 Å². The summed E-state index contributed by atoms with van der Waals surface area (Å²) >= 11 is 5.97. The molecule has 0 amide bonds. The largest absolute Gasteiger partial charge is 0.394 e. The number of aliphatic hydroxyl groups is 1. The highest BCUT2D eigenvalue weighted by molar-refractivity contribution is 7.91. The van der Waals surface area contributed by atoms with Gasteiger partial charge in [-0.05, 0) is 36.0 Å². The van der Waals surface area contributed by atoms with Crippen LogP contribution in [0.2, 0.25) is 5.15 Å². The first-order valence-electron chi connectivity index (χ1n) is 9.27. The van der Waals surface area contributed by atoms with E-state index in [1.807, 2.05) is 26.8 Å². The topological polar surface area (TPSA) is 130 Å². The van der Waals surface area contributed by atoms with Crippen molar-refractivity contribution in [3.05, 3.63) is 34.9 Å². The number of aliphatic hydroxyl groups excluding tert-OH is 1. The van der Waals surface area contributed by atoms with Gasteiger partial charge in [-0.15, -0.1) is 0 Å². The average Bonchev–Trinajstić information content (AvgIpc) is 2.59. The first-order valence-corrected chi connectivity index (χ1v) is 11.5. The van der Waals surface area contributed by atoms with E-state index < -0.39 is 10.0 Å². The fourth-order valence-electron chi connectivity index (χ4n) is 2.83. The molecule has 2 heterocycles. The predicted molar refractivity (Wildman–Crippen MR) is 114 cm³/mol. The summed E-state index contributed by atoms with van der Waals surface area (Å²) in [5.74, 6) is 0.921. The Hall–Kier alpha value is -2.04. The molecule has 2 aromatic heterocycles. The van der Waals surface area contributed by atoms with Crippen LogP contribution in [0.3, 0.4) is 0 Å². The molecule has 2 unspecified atom stereocenters. The van der Waals surface area contributed by atoms with Crippen LogP contribution < -0.4 is 10.0 Å². The zero-order valence-electron chi connectivity index (χ0n) is 16.9. The quantitative estimate of drug-likeness (QED) is 0.478. The van der Waals surface area contributed by atoms with Gasteiger partial charge in [0.05, 0.1) is 18.9 Å². The van der Waals surface area contributed by atoms with E-state index in [0.717, 1.165) is 11.8 Å². The van der Waals surface area contributed by atoms with E-state index in [-0.39, 0.29) is 30.5 Å². The molecule has 3 N–H and O–H groups in total. The number of rotatable bonds is 10. The molecule has 0 bridgehead atoms. The third-order valence-electron chi connectivity index (χ3n) is 4.08. The summed E-state index contributed by atoms with van der Waals surface area (Å²) in [4.78, 5) is 16.8. The van der Waals surface area contributed by atoms with Crippen molar-refractivity contribution in [2.24, 2.45) is 5.92 Å². The highest BCUT2D eigenvalue weighted by Gasteiger charge is 2.17. The standard InChI is InChI=1S/C18H27ClN6O3S/c1-11(2)7-14(10-26)21-17-22-16(23-18(24-17)25-29(4,27)28)8-12(3)13-5-6-20-15(19)9-13/h5-6,9,11-12,14,26H,7-8,10H2,1-4H3,(H2,21,22,23,24,25). The van der Waals surface area contributed by atoms with Crippen LogP contribution in [0, 0.1) is 5.92 Å². The van der Waals surface area contributed by atoms with Crippen molar-refractivity contribution < 1.29 is 13.5 Å². The van der Waals surface area contributed by atoms with E-state index in [1.54, 1.807) is 12.3 Å². The highest BCUT2D eigenvalue weighted by atomic mass is 35.5. The Morgan fingerprint density at radius 3 is 2.45 bits per heavy atom. The number of sulfonamides is 1. The molecule has 0 aliphatic heterocycles. The molecular weight excluding hydrogens is 416 g/mol. The smallest absolute Gasteiger partial charge is 0.241 e. The lowest BCUT2D eigenvalue weighted by molar-refractivity contribution is 0.259. The molecule has 0 aliphatic rings. The van der Waals surface area contributed by atoms with Gasteiger partial charge in [-0.25, -0.2) is 13.4 Å². The van der Waals surface area contributed by atoms with Crippen molar-refractivity contribution in [2.45, 2.75) is 45.6 Å². The zero-order chi connectivity index (χ0) is 21.6. The van der Waals surface area contributed by atoms with Crippen LogP contribution in [0.5, 0.6) is 0 Å². The number of hydrogen-bond donors (Lipinski definition) is 3. The molecule has 0 spiro atoms. The summed E-state index contributed by atoms with van der Waals surface area (Å²) in [5.41, 5.74) is 0.964. The van der Waals surface area contributed by atoms with Crippen LogP contribution in [0.15, 0.2) is 18.3 Å². The lowest BCUT2D eigenvalue weighted by atomic mass is 9.99. The van der Waals surface area contributed by atoms with Crippen molar-refractivity contribution >= 4 is 33.5 Å². The monoisotopic (exact) mass is 442 g/mol. The predicted octanol–water partition coefficient (Wildman–Crippen LogP) is 2.46. The van der Waals surface area contributed by atoms with Gasteiger partial charge >= 0.3 is 0 Å². The molecule has 0 saturated heterocycles. The Kier molecular flexibility index (Phi) is 8.12. The second-order valence-electron chi connectivity index (χ2n) is 7.44. The summed E-state index contributed by atoms with van der Waals surface area (Å²) < 4.78 is 25.6. The summed E-state index contributed by atoms with van der Waals surface area (Å²) in [6, 6.07) is 3.37. The Bertz CT molecular complexity index is 926. The number of nitrogens with one attached hydrogen (secondary N) is 2. The minimum Gasteiger partial charge on any atom is -0.394 e. The van der Waals surface area contributed by atoms with Crippen LogP contribution in [-0.4, -0.2) is 52.4 Å². The van der Waals surface area contributed by atoms with Gasteiger partial charge in [-0.2, -0.15) is 15.0 Å². The number of halogens is 1.